The van der Waals surface area contributed by atoms with E-state index in [0.29, 0.717) is 22.9 Å². The zero-order chi connectivity index (χ0) is 21.7. The van der Waals surface area contributed by atoms with Crippen LogP contribution >= 0.6 is 11.3 Å². The second-order valence-electron chi connectivity index (χ2n) is 6.62. The van der Waals surface area contributed by atoms with Crippen molar-refractivity contribution in [2.24, 2.45) is 4.99 Å². The van der Waals surface area contributed by atoms with Gasteiger partial charge in [0.1, 0.15) is 6.54 Å². The van der Waals surface area contributed by atoms with Gasteiger partial charge in [-0.25, -0.2) is 0 Å². The van der Waals surface area contributed by atoms with Gasteiger partial charge >= 0.3 is 5.97 Å². The van der Waals surface area contributed by atoms with E-state index in [1.165, 1.54) is 11.3 Å². The van der Waals surface area contributed by atoms with Gasteiger partial charge in [-0.05, 0) is 49.2 Å². The highest BCUT2D eigenvalue weighted by molar-refractivity contribution is 7.16. The Morgan fingerprint density at radius 1 is 1.07 bits per heavy atom. The Bertz CT molecular complexity index is 1150. The molecule has 3 aromatic rings. The topological polar surface area (TPSA) is 79.1 Å². The van der Waals surface area contributed by atoms with E-state index < -0.39 is 0 Å². The standard InChI is InChI=1S/C22H24N2O5S/c1-5-29-21(26)13-24-16-8-6-14(2)10-19(16)30-22(24)23-20(25)12-15-7-9-17(27-3)18(11-15)28-4/h6-11H,5,12-13H2,1-4H3. The SMILES string of the molecule is CCOC(=O)Cn1c(=NC(=O)Cc2ccc(OC)c(OC)c2)sc2cc(C)ccc21. The van der Waals surface area contributed by atoms with Crippen LogP contribution in [-0.4, -0.2) is 37.3 Å². The lowest BCUT2D eigenvalue weighted by Gasteiger charge is -2.08. The second-order valence-corrected chi connectivity index (χ2v) is 7.63. The van der Waals surface area contributed by atoms with Crippen molar-refractivity contribution in [1.29, 1.82) is 0 Å². The number of benzene rings is 2. The van der Waals surface area contributed by atoms with Crippen LogP contribution < -0.4 is 14.3 Å². The summed E-state index contributed by atoms with van der Waals surface area (Å²) in [6.07, 6.45) is 0.104. The van der Waals surface area contributed by atoms with Gasteiger partial charge in [0.05, 0.1) is 37.5 Å². The fourth-order valence-electron chi connectivity index (χ4n) is 3.07. The first-order chi connectivity index (χ1) is 14.4. The first-order valence-electron chi connectivity index (χ1n) is 9.49. The van der Waals surface area contributed by atoms with Crippen molar-refractivity contribution < 1.29 is 23.8 Å². The van der Waals surface area contributed by atoms with Gasteiger partial charge in [0, 0.05) is 0 Å². The zero-order valence-electron chi connectivity index (χ0n) is 17.4. The first kappa shape index (κ1) is 21.6. The van der Waals surface area contributed by atoms with Crippen LogP contribution in [0.1, 0.15) is 18.1 Å². The molecule has 0 N–H and O–H groups in total. The van der Waals surface area contributed by atoms with Crippen molar-refractivity contribution in [1.82, 2.24) is 4.57 Å². The molecule has 0 atom stereocenters. The summed E-state index contributed by atoms with van der Waals surface area (Å²) >= 11 is 1.37. The van der Waals surface area contributed by atoms with E-state index in [1.807, 2.05) is 25.1 Å². The highest BCUT2D eigenvalue weighted by atomic mass is 32.1. The average molecular weight is 429 g/mol. The number of methoxy groups -OCH3 is 2. The molecule has 7 nitrogen and oxygen atoms in total. The molecular formula is C22H24N2O5S. The van der Waals surface area contributed by atoms with Crippen LogP contribution in [0.2, 0.25) is 0 Å². The normalized spacial score (nSPS) is 11.5. The summed E-state index contributed by atoms with van der Waals surface area (Å²) < 4.78 is 18.3. The van der Waals surface area contributed by atoms with Crippen molar-refractivity contribution in [3.8, 4) is 11.5 Å². The molecule has 0 saturated carbocycles. The molecule has 0 radical (unpaired) electrons. The minimum absolute atomic E-state index is 0.000622. The van der Waals surface area contributed by atoms with Gasteiger partial charge in [-0.2, -0.15) is 4.99 Å². The molecule has 0 fully saturated rings. The maximum absolute atomic E-state index is 12.7. The van der Waals surface area contributed by atoms with Crippen LogP contribution in [0.4, 0.5) is 0 Å². The first-order valence-corrected chi connectivity index (χ1v) is 10.3. The maximum atomic E-state index is 12.7. The molecule has 0 aliphatic heterocycles. The van der Waals surface area contributed by atoms with Gasteiger partial charge in [-0.3, -0.25) is 9.59 Å². The number of aryl methyl sites for hydroxylation is 1. The molecule has 0 unspecified atom stereocenters. The van der Waals surface area contributed by atoms with Crippen LogP contribution in [-0.2, 0) is 27.3 Å². The molecule has 0 spiro atoms. The Morgan fingerprint density at radius 2 is 1.83 bits per heavy atom. The molecule has 8 heteroatoms. The van der Waals surface area contributed by atoms with Crippen LogP contribution in [0.15, 0.2) is 41.4 Å². The van der Waals surface area contributed by atoms with Crippen molar-refractivity contribution in [3.05, 3.63) is 52.3 Å². The minimum Gasteiger partial charge on any atom is -0.493 e. The van der Waals surface area contributed by atoms with Crippen molar-refractivity contribution >= 4 is 33.4 Å². The highest BCUT2D eigenvalue weighted by Crippen LogP contribution is 2.27. The number of nitrogens with zero attached hydrogens (tertiary/aromatic N) is 2. The molecule has 1 aromatic heterocycles. The molecular weight excluding hydrogens is 404 g/mol. The molecule has 2 aromatic carbocycles. The highest BCUT2D eigenvalue weighted by Gasteiger charge is 2.13. The van der Waals surface area contributed by atoms with E-state index in [0.717, 1.165) is 21.3 Å². The van der Waals surface area contributed by atoms with E-state index in [4.69, 9.17) is 14.2 Å². The average Bonchev–Trinajstić information content (AvgIpc) is 3.03. The van der Waals surface area contributed by atoms with Crippen molar-refractivity contribution in [2.75, 3.05) is 20.8 Å². The van der Waals surface area contributed by atoms with Gasteiger partial charge in [0.2, 0.25) is 0 Å². The van der Waals surface area contributed by atoms with Crippen molar-refractivity contribution in [3.63, 3.8) is 0 Å². The van der Waals surface area contributed by atoms with E-state index >= 15 is 0 Å². The molecule has 1 heterocycles. The number of thiazole rings is 1. The molecule has 0 bridgehead atoms. The number of aromatic nitrogens is 1. The Labute approximate surface area is 178 Å². The fourth-order valence-corrected chi connectivity index (χ4v) is 4.21. The molecule has 3 rings (SSSR count). The number of amides is 1. The van der Waals surface area contributed by atoms with Gasteiger partial charge < -0.3 is 18.8 Å². The lowest BCUT2D eigenvalue weighted by molar-refractivity contribution is -0.143. The Balaban J connectivity index is 1.96. The van der Waals surface area contributed by atoms with Crippen molar-refractivity contribution in [2.45, 2.75) is 26.8 Å². The smallest absolute Gasteiger partial charge is 0.326 e. The summed E-state index contributed by atoms with van der Waals surface area (Å²) in [6, 6.07) is 11.2. The molecule has 0 saturated heterocycles. The molecule has 158 valence electrons. The van der Waals surface area contributed by atoms with E-state index in [9.17, 15) is 9.59 Å². The van der Waals surface area contributed by atoms with Crippen LogP contribution in [0.3, 0.4) is 0 Å². The molecule has 0 aliphatic rings. The van der Waals surface area contributed by atoms with Crippen LogP contribution in [0, 0.1) is 6.92 Å². The van der Waals surface area contributed by atoms with Gasteiger partial charge in [0.15, 0.2) is 16.3 Å². The molecule has 0 aliphatic carbocycles. The summed E-state index contributed by atoms with van der Waals surface area (Å²) in [7, 11) is 3.11. The second kappa shape index (κ2) is 9.58. The third-order valence-corrected chi connectivity index (χ3v) is 5.50. The third-order valence-electron chi connectivity index (χ3n) is 4.45. The minimum atomic E-state index is -0.369. The zero-order valence-corrected chi connectivity index (χ0v) is 18.2. The number of carbonyl (C=O) groups excluding carboxylic acids is 2. The predicted molar refractivity (Wildman–Crippen MR) is 115 cm³/mol. The largest absolute Gasteiger partial charge is 0.493 e. The summed E-state index contributed by atoms with van der Waals surface area (Å²) in [5, 5.41) is 0. The quantitative estimate of drug-likeness (QED) is 0.540. The Hall–Kier alpha value is -3.13. The predicted octanol–water partition coefficient (Wildman–Crippen LogP) is 3.26. The summed E-state index contributed by atoms with van der Waals surface area (Å²) in [5.41, 5.74) is 2.70. The molecule has 30 heavy (non-hydrogen) atoms. The van der Waals surface area contributed by atoms with Gasteiger partial charge in [-0.15, -0.1) is 0 Å². The van der Waals surface area contributed by atoms with E-state index in [2.05, 4.69) is 4.99 Å². The summed E-state index contributed by atoms with van der Waals surface area (Å²) in [4.78, 5) is 29.5. The summed E-state index contributed by atoms with van der Waals surface area (Å²) in [5.74, 6) is 0.463. The van der Waals surface area contributed by atoms with Gasteiger partial charge in [-0.1, -0.05) is 23.5 Å². The Kier molecular flexibility index (Phi) is 6.89. The summed E-state index contributed by atoms with van der Waals surface area (Å²) in [6.45, 7) is 4.05. The Morgan fingerprint density at radius 3 is 2.53 bits per heavy atom. The third kappa shape index (κ3) is 4.88. The van der Waals surface area contributed by atoms with E-state index in [-0.39, 0.29) is 24.8 Å². The maximum Gasteiger partial charge on any atom is 0.326 e. The molecule has 1 amide bonds. The fraction of sp³-hybridized carbons (Fsp3) is 0.318. The lowest BCUT2D eigenvalue weighted by atomic mass is 10.1. The number of fused-ring (bicyclic) bond motifs is 1. The van der Waals surface area contributed by atoms with Crippen LogP contribution in [0.25, 0.3) is 10.2 Å². The van der Waals surface area contributed by atoms with Gasteiger partial charge in [0.25, 0.3) is 5.91 Å². The number of rotatable bonds is 7. The number of carbonyl (C=O) groups is 2. The number of ether oxygens (including phenoxy) is 3. The monoisotopic (exact) mass is 428 g/mol. The lowest BCUT2D eigenvalue weighted by Crippen LogP contribution is -2.23. The van der Waals surface area contributed by atoms with E-state index in [1.54, 1.807) is 43.9 Å². The number of esters is 1. The van der Waals surface area contributed by atoms with Crippen LogP contribution in [0.5, 0.6) is 11.5 Å². The number of hydrogen-bond donors (Lipinski definition) is 0. The number of hydrogen-bond acceptors (Lipinski definition) is 6.